The number of allylic oxidation sites excluding steroid dienone is 1. The van der Waals surface area contributed by atoms with Gasteiger partial charge in [-0.1, -0.05) is 12.5 Å². The molecule has 1 spiro atoms. The summed E-state index contributed by atoms with van der Waals surface area (Å²) in [7, 11) is 2.27. The van der Waals surface area contributed by atoms with Crippen molar-refractivity contribution in [1.29, 1.82) is 0 Å². The summed E-state index contributed by atoms with van der Waals surface area (Å²) in [6.45, 7) is 6.55. The van der Waals surface area contributed by atoms with E-state index in [1.165, 1.54) is 38.6 Å². The van der Waals surface area contributed by atoms with Gasteiger partial charge in [-0.25, -0.2) is 0 Å². The van der Waals surface area contributed by atoms with Gasteiger partial charge in [-0.05, 0) is 45.7 Å². The average molecular weight is 267 g/mol. The molecule has 110 valence electrons. The molecule has 0 amide bonds. The molecule has 1 aliphatic heterocycles. The Morgan fingerprint density at radius 2 is 1.84 bits per heavy atom. The zero-order chi connectivity index (χ0) is 13.6. The lowest BCUT2D eigenvalue weighted by atomic mass is 9.89. The molecule has 1 aliphatic carbocycles. The second kappa shape index (κ2) is 7.41. The van der Waals surface area contributed by atoms with Crippen molar-refractivity contribution in [1.82, 2.24) is 4.90 Å². The fraction of sp³-hybridized carbons (Fsp3) is 0.875. The van der Waals surface area contributed by atoms with Gasteiger partial charge in [0.2, 0.25) is 0 Å². The topological polar surface area (TPSA) is 21.7 Å². The summed E-state index contributed by atoms with van der Waals surface area (Å²) in [4.78, 5) is 2.54. The molecule has 3 nitrogen and oxygen atoms in total. The predicted octanol–water partition coefficient (Wildman–Crippen LogP) is 3.35. The van der Waals surface area contributed by atoms with Gasteiger partial charge in [0.25, 0.3) is 0 Å². The van der Waals surface area contributed by atoms with Gasteiger partial charge >= 0.3 is 0 Å². The SMILES string of the molecule is C=CCCCCCN(C)C1CCC2(CC1)OCCO2. The van der Waals surface area contributed by atoms with Crippen LogP contribution in [0, 0.1) is 0 Å². The zero-order valence-electron chi connectivity index (χ0n) is 12.4. The molecule has 3 heteroatoms. The molecule has 2 fully saturated rings. The molecule has 2 aliphatic rings. The molecule has 1 saturated carbocycles. The fourth-order valence-corrected chi connectivity index (χ4v) is 3.28. The second-order valence-electron chi connectivity index (χ2n) is 5.96. The van der Waals surface area contributed by atoms with Gasteiger partial charge in [0.15, 0.2) is 5.79 Å². The van der Waals surface area contributed by atoms with Crippen molar-refractivity contribution in [3.8, 4) is 0 Å². The summed E-state index contributed by atoms with van der Waals surface area (Å²) >= 11 is 0. The van der Waals surface area contributed by atoms with Gasteiger partial charge in [0.1, 0.15) is 0 Å². The smallest absolute Gasteiger partial charge is 0.168 e. The van der Waals surface area contributed by atoms with Crippen LogP contribution in [0.15, 0.2) is 12.7 Å². The Labute approximate surface area is 117 Å². The van der Waals surface area contributed by atoms with Gasteiger partial charge in [-0.15, -0.1) is 6.58 Å². The van der Waals surface area contributed by atoms with E-state index in [-0.39, 0.29) is 5.79 Å². The molecule has 0 aromatic heterocycles. The average Bonchev–Trinajstić information content (AvgIpc) is 2.87. The van der Waals surface area contributed by atoms with Crippen LogP contribution in [0.5, 0.6) is 0 Å². The van der Waals surface area contributed by atoms with Crippen LogP contribution in [-0.2, 0) is 9.47 Å². The van der Waals surface area contributed by atoms with Crippen LogP contribution in [0.3, 0.4) is 0 Å². The van der Waals surface area contributed by atoms with E-state index in [1.54, 1.807) is 0 Å². The van der Waals surface area contributed by atoms with Gasteiger partial charge in [-0.2, -0.15) is 0 Å². The molecule has 1 saturated heterocycles. The zero-order valence-corrected chi connectivity index (χ0v) is 12.4. The summed E-state index contributed by atoms with van der Waals surface area (Å²) in [5.74, 6) is -0.207. The molecular formula is C16H29NO2. The predicted molar refractivity (Wildman–Crippen MR) is 78.2 cm³/mol. The normalized spacial score (nSPS) is 23.3. The molecule has 1 heterocycles. The van der Waals surface area contributed by atoms with E-state index in [1.807, 2.05) is 6.08 Å². The first kappa shape index (κ1) is 15.0. The highest BCUT2D eigenvalue weighted by molar-refractivity contribution is 4.86. The lowest BCUT2D eigenvalue weighted by Crippen LogP contribution is -2.43. The number of hydrogen-bond acceptors (Lipinski definition) is 3. The lowest BCUT2D eigenvalue weighted by Gasteiger charge is -2.39. The van der Waals surface area contributed by atoms with Crippen molar-refractivity contribution in [2.45, 2.75) is 63.2 Å². The highest BCUT2D eigenvalue weighted by Crippen LogP contribution is 2.37. The van der Waals surface area contributed by atoms with E-state index < -0.39 is 0 Å². The first-order chi connectivity index (χ1) is 9.26. The number of unbranched alkanes of at least 4 members (excludes halogenated alkanes) is 3. The number of hydrogen-bond donors (Lipinski definition) is 0. The monoisotopic (exact) mass is 267 g/mol. The van der Waals surface area contributed by atoms with E-state index in [0.29, 0.717) is 0 Å². The van der Waals surface area contributed by atoms with Crippen molar-refractivity contribution < 1.29 is 9.47 Å². The molecule has 0 aromatic rings. The Morgan fingerprint density at radius 3 is 2.47 bits per heavy atom. The van der Waals surface area contributed by atoms with E-state index in [4.69, 9.17) is 9.47 Å². The van der Waals surface area contributed by atoms with Gasteiger partial charge in [0, 0.05) is 18.9 Å². The van der Waals surface area contributed by atoms with Crippen LogP contribution in [0.4, 0.5) is 0 Å². The molecule has 0 bridgehead atoms. The maximum atomic E-state index is 5.78. The lowest BCUT2D eigenvalue weighted by molar-refractivity contribution is -0.183. The third-order valence-electron chi connectivity index (χ3n) is 4.57. The summed E-state index contributed by atoms with van der Waals surface area (Å²) in [6.07, 6.45) is 11.6. The molecule has 0 atom stereocenters. The molecule has 2 rings (SSSR count). The van der Waals surface area contributed by atoms with Crippen LogP contribution in [-0.4, -0.2) is 43.5 Å². The number of ether oxygens (including phenoxy) is 2. The fourth-order valence-electron chi connectivity index (χ4n) is 3.28. The molecule has 0 aromatic carbocycles. The van der Waals surface area contributed by atoms with Crippen LogP contribution in [0.1, 0.15) is 51.4 Å². The Kier molecular flexibility index (Phi) is 5.86. The summed E-state index contributed by atoms with van der Waals surface area (Å²) in [5.41, 5.74) is 0. The molecule has 0 unspecified atom stereocenters. The van der Waals surface area contributed by atoms with E-state index >= 15 is 0 Å². The van der Waals surface area contributed by atoms with Crippen molar-refractivity contribution in [2.75, 3.05) is 26.8 Å². The van der Waals surface area contributed by atoms with E-state index in [2.05, 4.69) is 18.5 Å². The minimum Gasteiger partial charge on any atom is -0.348 e. The number of rotatable bonds is 7. The van der Waals surface area contributed by atoms with E-state index in [0.717, 1.165) is 38.5 Å². The van der Waals surface area contributed by atoms with Crippen LogP contribution >= 0.6 is 0 Å². The molecule has 19 heavy (non-hydrogen) atoms. The van der Waals surface area contributed by atoms with Crippen molar-refractivity contribution in [3.63, 3.8) is 0 Å². The highest BCUT2D eigenvalue weighted by Gasteiger charge is 2.40. The van der Waals surface area contributed by atoms with Gasteiger partial charge < -0.3 is 14.4 Å². The van der Waals surface area contributed by atoms with Crippen molar-refractivity contribution >= 4 is 0 Å². The summed E-state index contributed by atoms with van der Waals surface area (Å²) in [6, 6.07) is 0.720. The number of nitrogens with zero attached hydrogens (tertiary/aromatic N) is 1. The minimum absolute atomic E-state index is 0.207. The summed E-state index contributed by atoms with van der Waals surface area (Å²) < 4.78 is 11.6. The Morgan fingerprint density at radius 1 is 1.16 bits per heavy atom. The first-order valence-electron chi connectivity index (χ1n) is 7.85. The molecular weight excluding hydrogens is 238 g/mol. The Balaban J connectivity index is 1.62. The van der Waals surface area contributed by atoms with Crippen molar-refractivity contribution in [2.24, 2.45) is 0 Å². The van der Waals surface area contributed by atoms with Crippen LogP contribution in [0.2, 0.25) is 0 Å². The quantitative estimate of drug-likeness (QED) is 0.521. The van der Waals surface area contributed by atoms with Crippen LogP contribution < -0.4 is 0 Å². The molecule has 0 N–H and O–H groups in total. The summed E-state index contributed by atoms with van der Waals surface area (Å²) in [5, 5.41) is 0. The third-order valence-corrected chi connectivity index (χ3v) is 4.57. The second-order valence-corrected chi connectivity index (χ2v) is 5.96. The Bertz CT molecular complexity index is 264. The highest BCUT2D eigenvalue weighted by atomic mass is 16.7. The third kappa shape index (κ3) is 4.30. The first-order valence-corrected chi connectivity index (χ1v) is 7.85. The maximum Gasteiger partial charge on any atom is 0.168 e. The standard InChI is InChI=1S/C16H29NO2/c1-3-4-5-6-7-12-17(2)15-8-10-16(11-9-15)18-13-14-19-16/h3,15H,1,4-14H2,2H3. The van der Waals surface area contributed by atoms with Crippen molar-refractivity contribution in [3.05, 3.63) is 12.7 Å². The molecule has 0 radical (unpaired) electrons. The van der Waals surface area contributed by atoms with Gasteiger partial charge in [0.05, 0.1) is 13.2 Å². The Hall–Kier alpha value is -0.380. The minimum atomic E-state index is -0.207. The maximum absolute atomic E-state index is 5.78. The largest absolute Gasteiger partial charge is 0.348 e. The van der Waals surface area contributed by atoms with Crippen LogP contribution in [0.25, 0.3) is 0 Å². The van der Waals surface area contributed by atoms with E-state index in [9.17, 15) is 0 Å². The van der Waals surface area contributed by atoms with Gasteiger partial charge in [-0.3, -0.25) is 0 Å².